The summed E-state index contributed by atoms with van der Waals surface area (Å²) in [5.74, 6) is 0.376. The lowest BCUT2D eigenvalue weighted by atomic mass is 9.88. The first kappa shape index (κ1) is 20.2. The summed E-state index contributed by atoms with van der Waals surface area (Å²) in [6.07, 6.45) is 2.05. The Kier molecular flexibility index (Phi) is 4.63. The Morgan fingerprint density at radius 1 is 0.788 bits per heavy atom. The molecule has 3 heterocycles. The summed E-state index contributed by atoms with van der Waals surface area (Å²) < 4.78 is 7.78. The molecule has 0 aliphatic carbocycles. The summed E-state index contributed by atoms with van der Waals surface area (Å²) in [4.78, 5) is 4.97. The van der Waals surface area contributed by atoms with Gasteiger partial charge in [0.25, 0.3) is 0 Å². The SMILES string of the molecule is Cc1cccc(C)c1-c1cnc(-c2cccc3c2oc2c4ccsc4ccc32)cc1C(C)C. The van der Waals surface area contributed by atoms with Gasteiger partial charge in [0, 0.05) is 38.2 Å². The van der Waals surface area contributed by atoms with E-state index in [0.717, 1.165) is 33.2 Å². The van der Waals surface area contributed by atoms with Crippen LogP contribution in [0.25, 0.3) is 54.4 Å². The number of thiophene rings is 1. The maximum atomic E-state index is 6.53. The number of para-hydroxylation sites is 1. The number of pyridine rings is 1. The van der Waals surface area contributed by atoms with Crippen LogP contribution >= 0.6 is 11.3 Å². The van der Waals surface area contributed by atoms with E-state index in [1.54, 1.807) is 11.3 Å². The van der Waals surface area contributed by atoms with E-state index >= 15 is 0 Å². The maximum Gasteiger partial charge on any atom is 0.144 e. The maximum absolute atomic E-state index is 6.53. The fourth-order valence-corrected chi connectivity index (χ4v) is 5.83. The Labute approximate surface area is 197 Å². The molecule has 3 heteroatoms. The number of nitrogens with zero attached hydrogens (tertiary/aromatic N) is 1. The van der Waals surface area contributed by atoms with Gasteiger partial charge >= 0.3 is 0 Å². The van der Waals surface area contributed by atoms with Gasteiger partial charge in [-0.3, -0.25) is 4.98 Å². The lowest BCUT2D eigenvalue weighted by Crippen LogP contribution is -1.99. The highest BCUT2D eigenvalue weighted by molar-refractivity contribution is 7.17. The molecule has 6 aromatic rings. The van der Waals surface area contributed by atoms with Crippen LogP contribution in [0.2, 0.25) is 0 Å². The zero-order valence-electron chi connectivity index (χ0n) is 19.3. The molecule has 0 fully saturated rings. The first-order chi connectivity index (χ1) is 16.0. The van der Waals surface area contributed by atoms with Gasteiger partial charge in [-0.15, -0.1) is 11.3 Å². The molecule has 2 nitrogen and oxygen atoms in total. The molecule has 0 bridgehead atoms. The molecule has 3 aromatic carbocycles. The van der Waals surface area contributed by atoms with Gasteiger partial charge in [0.1, 0.15) is 11.2 Å². The molecule has 0 N–H and O–H groups in total. The predicted molar refractivity (Wildman–Crippen MR) is 141 cm³/mol. The third-order valence-electron chi connectivity index (χ3n) is 6.68. The van der Waals surface area contributed by atoms with Crippen LogP contribution in [0.1, 0.15) is 36.5 Å². The third-order valence-corrected chi connectivity index (χ3v) is 7.56. The standard InChI is InChI=1S/C30H25NOS/c1-17(2)24-15-26(31-16-25(24)28-18(3)7-5-8-19(28)4)22-10-6-9-20-21-11-12-27-23(13-14-33-27)30(21)32-29(20)22/h5-17H,1-4H3. The minimum Gasteiger partial charge on any atom is -0.455 e. The Balaban J connectivity index is 1.60. The van der Waals surface area contributed by atoms with Gasteiger partial charge in [-0.2, -0.15) is 0 Å². The number of furan rings is 1. The monoisotopic (exact) mass is 447 g/mol. The van der Waals surface area contributed by atoms with Crippen molar-refractivity contribution in [3.63, 3.8) is 0 Å². The first-order valence-corrected chi connectivity index (χ1v) is 12.3. The van der Waals surface area contributed by atoms with E-state index in [-0.39, 0.29) is 0 Å². The second-order valence-corrected chi connectivity index (χ2v) is 10.1. The highest BCUT2D eigenvalue weighted by Crippen LogP contribution is 2.41. The van der Waals surface area contributed by atoms with E-state index in [1.165, 1.54) is 37.9 Å². The molecule has 0 atom stereocenters. The van der Waals surface area contributed by atoms with Crippen LogP contribution in [-0.4, -0.2) is 4.98 Å². The largest absolute Gasteiger partial charge is 0.455 e. The van der Waals surface area contributed by atoms with E-state index in [0.29, 0.717) is 5.92 Å². The molecule has 0 unspecified atom stereocenters. The van der Waals surface area contributed by atoms with Crippen LogP contribution in [0.5, 0.6) is 0 Å². The quantitative estimate of drug-likeness (QED) is 0.270. The molecular formula is C30H25NOS. The van der Waals surface area contributed by atoms with Crippen LogP contribution in [0, 0.1) is 13.8 Å². The average molecular weight is 448 g/mol. The highest BCUT2D eigenvalue weighted by Gasteiger charge is 2.18. The van der Waals surface area contributed by atoms with Gasteiger partial charge < -0.3 is 4.42 Å². The molecule has 0 radical (unpaired) electrons. The minimum absolute atomic E-state index is 0.376. The van der Waals surface area contributed by atoms with E-state index < -0.39 is 0 Å². The molecular weight excluding hydrogens is 422 g/mol. The summed E-state index contributed by atoms with van der Waals surface area (Å²) >= 11 is 1.75. The molecule has 0 amide bonds. The summed E-state index contributed by atoms with van der Waals surface area (Å²) in [6.45, 7) is 8.87. The number of rotatable bonds is 3. The van der Waals surface area contributed by atoms with Crippen LogP contribution in [-0.2, 0) is 0 Å². The van der Waals surface area contributed by atoms with Crippen molar-refractivity contribution < 1.29 is 4.42 Å². The van der Waals surface area contributed by atoms with Gasteiger partial charge in [-0.05, 0) is 77.7 Å². The van der Waals surface area contributed by atoms with Crippen LogP contribution in [0.4, 0.5) is 0 Å². The third kappa shape index (κ3) is 3.11. The number of fused-ring (bicyclic) bond motifs is 5. The van der Waals surface area contributed by atoms with Gasteiger partial charge in [0.2, 0.25) is 0 Å². The number of hydrogen-bond acceptors (Lipinski definition) is 3. The zero-order valence-corrected chi connectivity index (χ0v) is 20.1. The van der Waals surface area contributed by atoms with E-state index in [1.807, 2.05) is 0 Å². The van der Waals surface area contributed by atoms with E-state index in [9.17, 15) is 0 Å². The number of aryl methyl sites for hydroxylation is 2. The van der Waals surface area contributed by atoms with Crippen molar-refractivity contribution in [2.45, 2.75) is 33.6 Å². The Morgan fingerprint density at radius 2 is 1.55 bits per heavy atom. The van der Waals surface area contributed by atoms with Crippen molar-refractivity contribution >= 4 is 43.4 Å². The molecule has 33 heavy (non-hydrogen) atoms. The van der Waals surface area contributed by atoms with Gasteiger partial charge in [0.15, 0.2) is 0 Å². The van der Waals surface area contributed by atoms with Crippen molar-refractivity contribution in [3.05, 3.63) is 88.9 Å². The van der Waals surface area contributed by atoms with Gasteiger partial charge in [0.05, 0.1) is 5.69 Å². The summed E-state index contributed by atoms with van der Waals surface area (Å²) in [6, 6.07) is 21.7. The molecule has 0 aliphatic rings. The van der Waals surface area contributed by atoms with E-state index in [2.05, 4.69) is 99.9 Å². The van der Waals surface area contributed by atoms with Gasteiger partial charge in [-0.25, -0.2) is 0 Å². The lowest BCUT2D eigenvalue weighted by molar-refractivity contribution is 0.673. The van der Waals surface area contributed by atoms with Crippen molar-refractivity contribution in [1.29, 1.82) is 0 Å². The predicted octanol–water partition coefficient (Wildman–Crippen LogP) is 9.27. The Morgan fingerprint density at radius 3 is 2.33 bits per heavy atom. The molecule has 0 saturated carbocycles. The number of benzene rings is 3. The molecule has 162 valence electrons. The average Bonchev–Trinajstić information content (AvgIpc) is 3.43. The van der Waals surface area contributed by atoms with Crippen LogP contribution in [0.15, 0.2) is 76.7 Å². The van der Waals surface area contributed by atoms with Gasteiger partial charge in [-0.1, -0.05) is 44.2 Å². The normalized spacial score (nSPS) is 11.9. The zero-order chi connectivity index (χ0) is 22.7. The molecule has 0 spiro atoms. The first-order valence-electron chi connectivity index (χ1n) is 11.4. The lowest BCUT2D eigenvalue weighted by Gasteiger charge is -2.18. The molecule has 3 aromatic heterocycles. The van der Waals surface area contributed by atoms with E-state index in [4.69, 9.17) is 9.40 Å². The fraction of sp³-hybridized carbons (Fsp3) is 0.167. The van der Waals surface area contributed by atoms with Crippen molar-refractivity contribution in [2.75, 3.05) is 0 Å². The Bertz CT molecular complexity index is 1650. The fourth-order valence-electron chi connectivity index (χ4n) is 5.05. The van der Waals surface area contributed by atoms with Crippen molar-refractivity contribution in [3.8, 4) is 22.4 Å². The Hall–Kier alpha value is -3.43. The smallest absolute Gasteiger partial charge is 0.144 e. The van der Waals surface area contributed by atoms with Crippen LogP contribution in [0.3, 0.4) is 0 Å². The molecule has 6 rings (SSSR count). The van der Waals surface area contributed by atoms with Crippen molar-refractivity contribution in [2.24, 2.45) is 0 Å². The minimum atomic E-state index is 0.376. The molecule has 0 aliphatic heterocycles. The topological polar surface area (TPSA) is 26.0 Å². The second-order valence-electron chi connectivity index (χ2n) is 9.14. The summed E-state index contributed by atoms with van der Waals surface area (Å²) in [5.41, 5.74) is 10.3. The second kappa shape index (κ2) is 7.57. The summed E-state index contributed by atoms with van der Waals surface area (Å²) in [7, 11) is 0. The molecule has 0 saturated heterocycles. The highest BCUT2D eigenvalue weighted by atomic mass is 32.1. The number of aromatic nitrogens is 1. The number of hydrogen-bond donors (Lipinski definition) is 0. The van der Waals surface area contributed by atoms with Crippen molar-refractivity contribution in [1.82, 2.24) is 4.98 Å². The van der Waals surface area contributed by atoms with Crippen LogP contribution < -0.4 is 0 Å². The summed E-state index contributed by atoms with van der Waals surface area (Å²) in [5, 5.41) is 5.61.